The highest BCUT2D eigenvalue weighted by atomic mass is 32.1. The van der Waals surface area contributed by atoms with Gasteiger partial charge in [0.15, 0.2) is 11.5 Å². The maximum atomic E-state index is 13.9. The Bertz CT molecular complexity index is 1580. The molecule has 0 amide bonds. The van der Waals surface area contributed by atoms with Gasteiger partial charge in [0.1, 0.15) is 16.4 Å². The number of para-hydroxylation sites is 2. The van der Waals surface area contributed by atoms with Gasteiger partial charge in [0.2, 0.25) is 0 Å². The zero-order valence-corrected chi connectivity index (χ0v) is 22.9. The third-order valence-corrected chi connectivity index (χ3v) is 8.20. The molecule has 7 nitrogen and oxygen atoms in total. The van der Waals surface area contributed by atoms with E-state index in [1.54, 1.807) is 25.3 Å². The molecule has 4 aromatic rings. The Labute approximate surface area is 236 Å². The number of thiophene rings is 1. The summed E-state index contributed by atoms with van der Waals surface area (Å²) in [6.07, 6.45) is 2.55. The molecule has 1 aliphatic heterocycles. The van der Waals surface area contributed by atoms with Crippen LogP contribution in [0.5, 0.6) is 17.2 Å². The van der Waals surface area contributed by atoms with E-state index in [9.17, 15) is 9.59 Å². The van der Waals surface area contributed by atoms with E-state index in [4.69, 9.17) is 14.2 Å². The summed E-state index contributed by atoms with van der Waals surface area (Å²) in [5.41, 5.74) is 4.55. The van der Waals surface area contributed by atoms with E-state index in [2.05, 4.69) is 16.7 Å². The zero-order valence-electron chi connectivity index (χ0n) is 22.0. The van der Waals surface area contributed by atoms with Gasteiger partial charge in [-0.15, -0.1) is 11.3 Å². The van der Waals surface area contributed by atoms with Crippen molar-refractivity contribution in [2.24, 2.45) is 5.92 Å². The normalized spacial score (nSPS) is 19.6. The number of allylic oxidation sites excluding steroid dienone is 1. The number of Topliss-reactive ketones (excluding diaryl/α,β-unsaturated/α-hetero) is 1. The van der Waals surface area contributed by atoms with Crippen molar-refractivity contribution in [3.63, 3.8) is 0 Å². The smallest absolute Gasteiger partial charge is 0.353 e. The van der Waals surface area contributed by atoms with Gasteiger partial charge in [-0.05, 0) is 59.0 Å². The van der Waals surface area contributed by atoms with Crippen LogP contribution in [0.4, 0.5) is 11.4 Å². The van der Waals surface area contributed by atoms with Gasteiger partial charge in [-0.3, -0.25) is 4.79 Å². The van der Waals surface area contributed by atoms with E-state index in [1.807, 2.05) is 66.0 Å². The molecule has 2 aliphatic rings. The number of benzene rings is 3. The monoisotopic (exact) mass is 552 g/mol. The molecular formula is C32H28N2O5S. The number of carbonyl (C=O) groups excluding carboxylic acids is 2. The fraction of sp³-hybridized carbons (Fsp3) is 0.188. The third kappa shape index (κ3) is 4.94. The van der Waals surface area contributed by atoms with E-state index >= 15 is 0 Å². The number of fused-ring (bicyclic) bond motifs is 2. The summed E-state index contributed by atoms with van der Waals surface area (Å²) in [7, 11) is 3.18. The Morgan fingerprint density at radius 3 is 2.38 bits per heavy atom. The largest absolute Gasteiger partial charge is 0.497 e. The Morgan fingerprint density at radius 1 is 0.875 bits per heavy atom. The summed E-state index contributed by atoms with van der Waals surface area (Å²) in [5.74, 6) is 0.692. The first-order valence-corrected chi connectivity index (χ1v) is 13.9. The number of methoxy groups -OCH3 is 2. The van der Waals surface area contributed by atoms with Gasteiger partial charge < -0.3 is 24.8 Å². The molecule has 3 aromatic carbocycles. The van der Waals surface area contributed by atoms with E-state index in [0.717, 1.165) is 33.9 Å². The third-order valence-electron chi connectivity index (χ3n) is 7.35. The quantitative estimate of drug-likeness (QED) is 0.201. The number of ketones is 1. The number of rotatable bonds is 6. The van der Waals surface area contributed by atoms with Crippen molar-refractivity contribution in [3.05, 3.63) is 112 Å². The van der Waals surface area contributed by atoms with Gasteiger partial charge >= 0.3 is 5.97 Å². The fourth-order valence-electron chi connectivity index (χ4n) is 5.35. The van der Waals surface area contributed by atoms with Gasteiger partial charge in [-0.25, -0.2) is 4.79 Å². The van der Waals surface area contributed by atoms with E-state index < -0.39 is 11.9 Å². The maximum absolute atomic E-state index is 13.9. The van der Waals surface area contributed by atoms with Crippen LogP contribution in [-0.2, 0) is 4.79 Å². The Balaban J connectivity index is 1.37. The number of hydrogen-bond donors (Lipinski definition) is 2. The van der Waals surface area contributed by atoms with Crippen LogP contribution < -0.4 is 24.8 Å². The number of ether oxygens (including phenoxy) is 3. The number of anilines is 2. The van der Waals surface area contributed by atoms with Crippen LogP contribution in [0.15, 0.2) is 96.0 Å². The van der Waals surface area contributed by atoms with Crippen molar-refractivity contribution in [3.8, 4) is 17.2 Å². The lowest BCUT2D eigenvalue weighted by molar-refractivity contribution is -0.122. The fourth-order valence-corrected chi connectivity index (χ4v) is 5.95. The Hall–Kier alpha value is -4.56. The molecule has 0 fully saturated rings. The van der Waals surface area contributed by atoms with Crippen molar-refractivity contribution in [1.82, 2.24) is 0 Å². The Morgan fingerprint density at radius 2 is 1.65 bits per heavy atom. The summed E-state index contributed by atoms with van der Waals surface area (Å²) < 4.78 is 16.6. The highest BCUT2D eigenvalue weighted by molar-refractivity contribution is 7.12. The lowest BCUT2D eigenvalue weighted by atomic mass is 9.76. The van der Waals surface area contributed by atoms with Gasteiger partial charge in [0.25, 0.3) is 0 Å². The predicted octanol–water partition coefficient (Wildman–Crippen LogP) is 6.82. The second-order valence-electron chi connectivity index (χ2n) is 9.72. The molecule has 202 valence electrons. The van der Waals surface area contributed by atoms with E-state index in [0.29, 0.717) is 22.8 Å². The molecule has 8 heteroatoms. The molecule has 3 atom stereocenters. The van der Waals surface area contributed by atoms with Crippen LogP contribution >= 0.6 is 11.3 Å². The summed E-state index contributed by atoms with van der Waals surface area (Å²) in [4.78, 5) is 27.0. The van der Waals surface area contributed by atoms with Gasteiger partial charge in [-0.2, -0.15) is 0 Å². The van der Waals surface area contributed by atoms with Crippen molar-refractivity contribution >= 4 is 34.5 Å². The number of carbonyl (C=O) groups is 2. The van der Waals surface area contributed by atoms with Crippen molar-refractivity contribution in [2.75, 3.05) is 24.9 Å². The first kappa shape index (κ1) is 25.7. The molecule has 40 heavy (non-hydrogen) atoms. The molecule has 0 spiro atoms. The lowest BCUT2D eigenvalue weighted by Gasteiger charge is -2.32. The van der Waals surface area contributed by atoms with Crippen molar-refractivity contribution in [2.45, 2.75) is 18.4 Å². The molecule has 2 heterocycles. The van der Waals surface area contributed by atoms with Crippen molar-refractivity contribution < 1.29 is 23.8 Å². The molecular weight excluding hydrogens is 524 g/mol. The van der Waals surface area contributed by atoms with Crippen LogP contribution in [0, 0.1) is 5.92 Å². The number of hydrogen-bond acceptors (Lipinski definition) is 8. The summed E-state index contributed by atoms with van der Waals surface area (Å²) in [5, 5.41) is 8.98. The number of esters is 1. The minimum atomic E-state index is -0.453. The van der Waals surface area contributed by atoms with Crippen molar-refractivity contribution in [1.29, 1.82) is 0 Å². The molecule has 1 aliphatic carbocycles. The summed E-state index contributed by atoms with van der Waals surface area (Å²) in [6.45, 7) is 0. The Kier molecular flexibility index (Phi) is 7.00. The average Bonchev–Trinajstić information content (AvgIpc) is 3.47. The minimum Gasteiger partial charge on any atom is -0.497 e. The molecule has 1 aromatic heterocycles. The number of nitrogens with one attached hydrogen (secondary N) is 2. The van der Waals surface area contributed by atoms with Crippen LogP contribution in [0.2, 0.25) is 0 Å². The minimum absolute atomic E-state index is 0.0587. The first-order chi connectivity index (χ1) is 19.5. The van der Waals surface area contributed by atoms with Crippen LogP contribution in [0.25, 0.3) is 0 Å². The van der Waals surface area contributed by atoms with E-state index in [1.165, 1.54) is 18.4 Å². The molecule has 3 unspecified atom stereocenters. The van der Waals surface area contributed by atoms with Crippen LogP contribution in [0.1, 0.15) is 39.2 Å². The van der Waals surface area contributed by atoms with E-state index in [-0.39, 0.29) is 17.7 Å². The van der Waals surface area contributed by atoms with Crippen LogP contribution in [0.3, 0.4) is 0 Å². The SMILES string of the molecule is COc1ccc(C2C=C3Nc4ccccc4NC(c4ccc(OC(=O)c5cccs5)c(OC)c4)C3C(=O)C2)cc1. The highest BCUT2D eigenvalue weighted by Crippen LogP contribution is 2.45. The average molecular weight is 553 g/mol. The molecule has 0 saturated carbocycles. The molecule has 0 bridgehead atoms. The van der Waals surface area contributed by atoms with Gasteiger partial charge in [0, 0.05) is 18.0 Å². The topological polar surface area (TPSA) is 85.9 Å². The highest BCUT2D eigenvalue weighted by Gasteiger charge is 2.40. The lowest BCUT2D eigenvalue weighted by Crippen LogP contribution is -2.33. The standard InChI is InChI=1S/C32H28N2O5S/c1-37-22-12-9-19(10-13-22)21-16-25-30(26(35)17-21)31(34-24-7-4-3-6-23(24)33-25)20-11-14-27(28(18-20)38-2)39-32(36)29-8-5-15-40-29/h3-16,18,21,30-31,33-34H,17H2,1-2H3. The molecule has 0 saturated heterocycles. The molecule has 0 radical (unpaired) electrons. The first-order valence-electron chi connectivity index (χ1n) is 13.0. The molecule has 6 rings (SSSR count). The second kappa shape index (κ2) is 10.9. The maximum Gasteiger partial charge on any atom is 0.353 e. The summed E-state index contributed by atoms with van der Waals surface area (Å²) >= 11 is 1.32. The predicted molar refractivity (Wildman–Crippen MR) is 156 cm³/mol. The van der Waals surface area contributed by atoms with Gasteiger partial charge in [0.05, 0.1) is 37.6 Å². The van der Waals surface area contributed by atoms with Crippen LogP contribution in [-0.4, -0.2) is 26.0 Å². The van der Waals surface area contributed by atoms with Gasteiger partial charge in [-0.1, -0.05) is 42.5 Å². The molecule has 2 N–H and O–H groups in total. The summed E-state index contributed by atoms with van der Waals surface area (Å²) in [6, 6.07) is 24.4. The zero-order chi connectivity index (χ0) is 27.6. The second-order valence-corrected chi connectivity index (χ2v) is 10.7.